The van der Waals surface area contributed by atoms with E-state index in [2.05, 4.69) is 18.0 Å². The van der Waals surface area contributed by atoms with Crippen molar-refractivity contribution in [3.63, 3.8) is 0 Å². The number of nitrogens with one attached hydrogen (secondary N) is 1. The molecule has 58 heavy (non-hydrogen) atoms. The molecule has 0 spiro atoms. The van der Waals surface area contributed by atoms with Gasteiger partial charge in [-0.1, -0.05) is 52.0 Å². The lowest BCUT2D eigenvalue weighted by Crippen LogP contribution is -2.60. The number of ether oxygens (including phenoxy) is 6. The van der Waals surface area contributed by atoms with Crippen LogP contribution < -0.4 is 5.32 Å². The highest BCUT2D eigenvalue weighted by molar-refractivity contribution is 5.73. The Balaban J connectivity index is 1.80. The number of rotatable bonds is 8. The van der Waals surface area contributed by atoms with Crippen molar-refractivity contribution >= 4 is 12.1 Å². The van der Waals surface area contributed by atoms with E-state index in [1.54, 1.807) is 52.0 Å². The smallest absolute Gasteiger partial charge is 0.407 e. The highest BCUT2D eigenvalue weighted by atomic mass is 16.7. The molecule has 2 bridgehead atoms. The Morgan fingerprint density at radius 1 is 1.09 bits per heavy atom. The minimum absolute atomic E-state index is 0.00805. The highest BCUT2D eigenvalue weighted by Crippen LogP contribution is 2.43. The van der Waals surface area contributed by atoms with Gasteiger partial charge in [0, 0.05) is 24.4 Å². The number of fused-ring (bicyclic) bond motifs is 5. The number of hydrogen-bond donors (Lipinski definition) is 4. The second-order valence-electron chi connectivity index (χ2n) is 17.3. The van der Waals surface area contributed by atoms with Crippen molar-refractivity contribution in [2.24, 2.45) is 23.7 Å². The fourth-order valence-corrected chi connectivity index (χ4v) is 8.91. The molecule has 324 valence electrons. The van der Waals surface area contributed by atoms with Crippen LogP contribution in [0, 0.1) is 35.0 Å². The predicted octanol–water partition coefficient (Wildman–Crippen LogP) is 4.63. The summed E-state index contributed by atoms with van der Waals surface area (Å²) in [4.78, 5) is 28.7. The Kier molecular flexibility index (Phi) is 16.5. The molecule has 14 heteroatoms. The Labute approximate surface area is 344 Å². The number of alkyl carbamates (subject to hydrolysis) is 1. The molecular weight excluding hydrogens is 746 g/mol. The van der Waals surface area contributed by atoms with E-state index >= 15 is 0 Å². The van der Waals surface area contributed by atoms with Crippen molar-refractivity contribution in [2.45, 2.75) is 141 Å². The molecule has 0 radical (unpaired) electrons. The average Bonchev–Trinajstić information content (AvgIpc) is 3.19. The summed E-state index contributed by atoms with van der Waals surface area (Å²) in [5, 5.41) is 47.8. The number of hydrogen-bond acceptors (Lipinski definition) is 13. The van der Waals surface area contributed by atoms with Crippen molar-refractivity contribution in [3.8, 4) is 6.07 Å². The lowest BCUT2D eigenvalue weighted by Gasteiger charge is -2.48. The maximum atomic E-state index is 13.9. The van der Waals surface area contributed by atoms with E-state index in [0.717, 1.165) is 11.1 Å². The van der Waals surface area contributed by atoms with Crippen LogP contribution in [-0.2, 0) is 39.8 Å². The SMILES string of the molecule is C=C1COC2[C@@H](C)/C(=C/COC(=O)NCc3ccc(C#N)cc3)[C@H](C)C[C@@](C)(OC1)[C@H](OC1O[C@H](C)C[C@H](N(C)C)[C@H]1O)[C@@H](C)[C@H](O)[C@@H](C)C(=O)O[C@H](CC)[C@@]2(C)O. The first-order valence-electron chi connectivity index (χ1n) is 20.5. The summed E-state index contributed by atoms with van der Waals surface area (Å²) in [6.45, 7) is 18.9. The van der Waals surface area contributed by atoms with E-state index in [0.29, 0.717) is 24.0 Å². The first-order chi connectivity index (χ1) is 27.2. The second-order valence-corrected chi connectivity index (χ2v) is 17.3. The molecular formula is C44H67N3O11. The van der Waals surface area contributed by atoms with Gasteiger partial charge in [0.2, 0.25) is 0 Å². The second kappa shape index (κ2) is 20.2. The van der Waals surface area contributed by atoms with Crippen molar-refractivity contribution in [1.29, 1.82) is 5.26 Å². The van der Waals surface area contributed by atoms with Crippen LogP contribution in [0.5, 0.6) is 0 Å². The minimum atomic E-state index is -1.72. The van der Waals surface area contributed by atoms with Gasteiger partial charge in [-0.25, -0.2) is 4.79 Å². The van der Waals surface area contributed by atoms with Gasteiger partial charge in [0.25, 0.3) is 0 Å². The maximum Gasteiger partial charge on any atom is 0.407 e. The molecule has 3 heterocycles. The monoisotopic (exact) mass is 813 g/mol. The number of nitrogens with zero attached hydrogens (tertiary/aromatic N) is 2. The van der Waals surface area contributed by atoms with E-state index in [1.807, 2.05) is 52.8 Å². The van der Waals surface area contributed by atoms with Crippen LogP contribution in [0.1, 0.15) is 85.8 Å². The van der Waals surface area contributed by atoms with E-state index in [9.17, 15) is 24.9 Å². The van der Waals surface area contributed by atoms with Crippen molar-refractivity contribution in [3.05, 3.63) is 59.2 Å². The fraction of sp³-hybridized carbons (Fsp3) is 0.705. The number of carbonyl (C=O) groups excluding carboxylic acids is 2. The quantitative estimate of drug-likeness (QED) is 0.210. The first-order valence-corrected chi connectivity index (χ1v) is 20.5. The molecule has 0 aliphatic carbocycles. The zero-order chi connectivity index (χ0) is 43.1. The molecule has 4 N–H and O–H groups in total. The normalized spacial score (nSPS) is 38.8. The average molecular weight is 814 g/mol. The molecule has 1 amide bonds. The summed E-state index contributed by atoms with van der Waals surface area (Å²) in [7, 11) is 3.78. The highest BCUT2D eigenvalue weighted by Gasteiger charge is 2.52. The number of benzene rings is 1. The Morgan fingerprint density at radius 3 is 2.38 bits per heavy atom. The number of esters is 1. The van der Waals surface area contributed by atoms with Crippen molar-refractivity contribution in [1.82, 2.24) is 10.2 Å². The van der Waals surface area contributed by atoms with Crippen LogP contribution in [0.2, 0.25) is 0 Å². The zero-order valence-corrected chi connectivity index (χ0v) is 36.0. The Morgan fingerprint density at radius 2 is 1.76 bits per heavy atom. The number of carbonyl (C=O) groups is 2. The molecule has 0 aromatic heterocycles. The molecule has 3 aliphatic heterocycles. The number of cyclic esters (lactones) is 1. The molecule has 14 atom stereocenters. The topological polar surface area (TPSA) is 189 Å². The number of nitriles is 1. The third-order valence-corrected chi connectivity index (χ3v) is 12.3. The zero-order valence-electron chi connectivity index (χ0n) is 36.0. The summed E-state index contributed by atoms with van der Waals surface area (Å²) in [6, 6.07) is 8.66. The third kappa shape index (κ3) is 11.2. The van der Waals surface area contributed by atoms with Gasteiger partial charge in [0.1, 0.15) is 24.4 Å². The lowest BCUT2D eigenvalue weighted by atomic mass is 9.72. The van der Waals surface area contributed by atoms with Gasteiger partial charge in [0.15, 0.2) is 6.29 Å². The van der Waals surface area contributed by atoms with Crippen LogP contribution in [0.15, 0.2) is 48.1 Å². The van der Waals surface area contributed by atoms with Gasteiger partial charge in [-0.3, -0.25) is 4.79 Å². The van der Waals surface area contributed by atoms with E-state index in [-0.39, 0.29) is 50.8 Å². The maximum absolute atomic E-state index is 13.9. The minimum Gasteiger partial charge on any atom is -0.459 e. The van der Waals surface area contributed by atoms with Crippen LogP contribution in [-0.4, -0.2) is 126 Å². The van der Waals surface area contributed by atoms with Crippen LogP contribution in [0.4, 0.5) is 4.79 Å². The van der Waals surface area contributed by atoms with Gasteiger partial charge in [0.05, 0.1) is 60.8 Å². The summed E-state index contributed by atoms with van der Waals surface area (Å²) in [5.41, 5.74) is -0.258. The largest absolute Gasteiger partial charge is 0.459 e. The summed E-state index contributed by atoms with van der Waals surface area (Å²) in [6.07, 6.45) is -4.31. The van der Waals surface area contributed by atoms with Gasteiger partial charge in [-0.05, 0) is 96.3 Å². The predicted molar refractivity (Wildman–Crippen MR) is 216 cm³/mol. The molecule has 3 fully saturated rings. The van der Waals surface area contributed by atoms with Gasteiger partial charge >= 0.3 is 12.1 Å². The van der Waals surface area contributed by atoms with Crippen LogP contribution in [0.25, 0.3) is 0 Å². The molecule has 1 aromatic rings. The molecule has 3 aliphatic rings. The third-order valence-electron chi connectivity index (χ3n) is 12.3. The Hall–Kier alpha value is -3.39. The molecule has 3 saturated heterocycles. The number of amides is 1. The van der Waals surface area contributed by atoms with Crippen molar-refractivity contribution < 1.29 is 53.3 Å². The number of aliphatic hydroxyl groups excluding tert-OH is 2. The lowest BCUT2D eigenvalue weighted by molar-refractivity contribution is -0.303. The van der Waals surface area contributed by atoms with Gasteiger partial charge < -0.3 is 54.0 Å². The molecule has 1 aromatic carbocycles. The van der Waals surface area contributed by atoms with E-state index in [1.165, 1.54) is 0 Å². The molecule has 14 nitrogen and oxygen atoms in total. The van der Waals surface area contributed by atoms with E-state index < -0.39 is 77.8 Å². The van der Waals surface area contributed by atoms with Gasteiger partial charge in [-0.15, -0.1) is 0 Å². The van der Waals surface area contributed by atoms with Gasteiger partial charge in [-0.2, -0.15) is 5.26 Å². The summed E-state index contributed by atoms with van der Waals surface area (Å²) >= 11 is 0. The van der Waals surface area contributed by atoms with Crippen LogP contribution in [0.3, 0.4) is 0 Å². The summed E-state index contributed by atoms with van der Waals surface area (Å²) < 4.78 is 38.1. The van der Waals surface area contributed by atoms with E-state index in [4.69, 9.17) is 33.7 Å². The summed E-state index contributed by atoms with van der Waals surface area (Å²) in [5.74, 6) is -3.36. The molecule has 2 unspecified atom stereocenters. The number of likely N-dealkylation sites (N-methyl/N-ethyl adjacent to an activating group) is 1. The first kappa shape index (κ1) is 47.3. The standard InChI is InChI=1S/C44H67N3O11/c1-12-35-44(9,52)39-28(5)33(17-18-53-42(51)46-22-32-15-13-31(21-45)14-16-32)26(3)20-43(8,55-24-25(2)23-54-39)38(29(6)36(48)30(7)40(50)57-35)58-41-37(49)34(47(10)11)19-27(4)56-41/h13-17,26-30,34-39,41,48-49,52H,2,12,18-20,22-24H2,1,3-11H3,(H,46,51)/b33-17+/t26-,27-,28+,29+,30-,34+,35-,36+,37-,38-,39?,41?,43-,44-/m1/s1. The van der Waals surface area contributed by atoms with Crippen molar-refractivity contribution in [2.75, 3.05) is 33.9 Å². The fourth-order valence-electron chi connectivity index (χ4n) is 8.91. The molecule has 4 rings (SSSR count). The van der Waals surface area contributed by atoms with Crippen LogP contribution >= 0.6 is 0 Å². The number of aliphatic hydroxyl groups is 3. The molecule has 0 saturated carbocycles. The Bertz CT molecular complexity index is 1630.